The molecule has 0 aliphatic heterocycles. The van der Waals surface area contributed by atoms with Crippen LogP contribution in [0.25, 0.3) is 0 Å². The smallest absolute Gasteiger partial charge is 0.251 e. The first-order valence-corrected chi connectivity index (χ1v) is 13.4. The Bertz CT molecular complexity index is 948. The van der Waals surface area contributed by atoms with Crippen molar-refractivity contribution in [1.29, 1.82) is 0 Å². The second-order valence-electron chi connectivity index (χ2n) is 9.37. The third-order valence-corrected chi connectivity index (χ3v) is 6.61. The third kappa shape index (κ3) is 8.98. The van der Waals surface area contributed by atoms with Crippen LogP contribution in [-0.4, -0.2) is 67.0 Å². The summed E-state index contributed by atoms with van der Waals surface area (Å²) in [5.74, 6) is 0.558. The van der Waals surface area contributed by atoms with Gasteiger partial charge in [-0.1, -0.05) is 45.9 Å². The molecule has 1 atom stereocenters. The van der Waals surface area contributed by atoms with Crippen LogP contribution in [0.1, 0.15) is 67.6 Å². The minimum atomic E-state index is -0.633. The van der Waals surface area contributed by atoms with E-state index in [1.54, 1.807) is 0 Å². The Morgan fingerprint density at radius 2 is 1.50 bits per heavy atom. The number of nitrogens with zero attached hydrogens (tertiary/aromatic N) is 2. The number of hydrogen-bond acceptors (Lipinski definition) is 4. The number of aryl methyl sites for hydroxylation is 2. The lowest BCUT2D eigenvalue weighted by atomic mass is 10.0. The average Bonchev–Trinajstić information content (AvgIpc) is 2.88. The zero-order valence-electron chi connectivity index (χ0n) is 23.1. The van der Waals surface area contributed by atoms with Gasteiger partial charge in [-0.3, -0.25) is 9.59 Å². The van der Waals surface area contributed by atoms with Crippen molar-refractivity contribution in [2.45, 2.75) is 66.8 Å². The SMILES string of the molecule is CCCN(CCC)C(=O)C(Cc1ccc(OCCN(CC)CC)cc1)NC(=O)c1ccc(C)c(C)c1. The summed E-state index contributed by atoms with van der Waals surface area (Å²) in [5, 5.41) is 3.03. The molecular formula is C30H45N3O3. The molecule has 0 aliphatic rings. The van der Waals surface area contributed by atoms with Gasteiger partial charge in [0, 0.05) is 31.6 Å². The summed E-state index contributed by atoms with van der Waals surface area (Å²) in [5.41, 5.74) is 3.75. The molecule has 0 spiro atoms. The predicted octanol–water partition coefficient (Wildman–Crippen LogP) is 5.01. The summed E-state index contributed by atoms with van der Waals surface area (Å²) in [4.78, 5) is 30.8. The predicted molar refractivity (Wildman–Crippen MR) is 148 cm³/mol. The summed E-state index contributed by atoms with van der Waals surface area (Å²) >= 11 is 0. The van der Waals surface area contributed by atoms with E-state index in [1.807, 2.05) is 61.2 Å². The maximum Gasteiger partial charge on any atom is 0.251 e. The lowest BCUT2D eigenvalue weighted by Crippen LogP contribution is -2.50. The van der Waals surface area contributed by atoms with Crippen molar-refractivity contribution >= 4 is 11.8 Å². The number of nitrogens with one attached hydrogen (secondary N) is 1. The second-order valence-corrected chi connectivity index (χ2v) is 9.37. The Hall–Kier alpha value is -2.86. The van der Waals surface area contributed by atoms with Crippen molar-refractivity contribution in [3.8, 4) is 5.75 Å². The minimum Gasteiger partial charge on any atom is -0.492 e. The first-order valence-electron chi connectivity index (χ1n) is 13.4. The lowest BCUT2D eigenvalue weighted by molar-refractivity contribution is -0.133. The summed E-state index contributed by atoms with van der Waals surface area (Å²) in [6.07, 6.45) is 2.19. The highest BCUT2D eigenvalue weighted by Crippen LogP contribution is 2.16. The third-order valence-electron chi connectivity index (χ3n) is 6.61. The summed E-state index contributed by atoms with van der Waals surface area (Å²) in [6.45, 7) is 17.4. The molecule has 6 heteroatoms. The van der Waals surface area contributed by atoms with Crippen molar-refractivity contribution in [3.05, 3.63) is 64.7 Å². The van der Waals surface area contributed by atoms with Crippen LogP contribution in [0.4, 0.5) is 0 Å². The number of hydrogen-bond donors (Lipinski definition) is 1. The van der Waals surface area contributed by atoms with Crippen molar-refractivity contribution in [2.75, 3.05) is 39.3 Å². The molecule has 2 amide bonds. The molecule has 0 aromatic heterocycles. The molecule has 0 aliphatic carbocycles. The molecule has 1 unspecified atom stereocenters. The number of carbonyl (C=O) groups excluding carboxylic acids is 2. The fourth-order valence-electron chi connectivity index (χ4n) is 4.21. The van der Waals surface area contributed by atoms with Crippen LogP contribution in [-0.2, 0) is 11.2 Å². The van der Waals surface area contributed by atoms with Crippen molar-refractivity contribution < 1.29 is 14.3 Å². The Morgan fingerprint density at radius 1 is 0.861 bits per heavy atom. The largest absolute Gasteiger partial charge is 0.492 e. The van der Waals surface area contributed by atoms with Gasteiger partial charge in [0.2, 0.25) is 5.91 Å². The maximum absolute atomic E-state index is 13.5. The Morgan fingerprint density at radius 3 is 2.06 bits per heavy atom. The molecular weight excluding hydrogens is 450 g/mol. The number of carbonyl (C=O) groups is 2. The number of benzene rings is 2. The quantitative estimate of drug-likeness (QED) is 0.377. The molecule has 0 fully saturated rings. The van der Waals surface area contributed by atoms with Crippen LogP contribution in [0.5, 0.6) is 5.75 Å². The highest BCUT2D eigenvalue weighted by molar-refractivity contribution is 5.97. The first-order chi connectivity index (χ1) is 17.3. The van der Waals surface area contributed by atoms with Gasteiger partial charge in [-0.05, 0) is 80.7 Å². The van der Waals surface area contributed by atoms with E-state index in [0.717, 1.165) is 54.9 Å². The molecule has 2 rings (SSSR count). The Kier molecular flexibility index (Phi) is 12.5. The fourth-order valence-corrected chi connectivity index (χ4v) is 4.21. The molecule has 0 saturated heterocycles. The van der Waals surface area contributed by atoms with E-state index < -0.39 is 6.04 Å². The zero-order valence-corrected chi connectivity index (χ0v) is 23.1. The monoisotopic (exact) mass is 495 g/mol. The van der Waals surface area contributed by atoms with Crippen LogP contribution < -0.4 is 10.1 Å². The van der Waals surface area contributed by atoms with Gasteiger partial charge in [0.05, 0.1) is 0 Å². The number of amides is 2. The van der Waals surface area contributed by atoms with E-state index in [2.05, 4.69) is 37.9 Å². The van der Waals surface area contributed by atoms with E-state index in [0.29, 0.717) is 31.7 Å². The van der Waals surface area contributed by atoms with Crippen LogP contribution in [0.3, 0.4) is 0 Å². The molecule has 0 heterocycles. The van der Waals surface area contributed by atoms with Gasteiger partial charge in [-0.2, -0.15) is 0 Å². The summed E-state index contributed by atoms with van der Waals surface area (Å²) in [7, 11) is 0. The number of rotatable bonds is 15. The van der Waals surface area contributed by atoms with Crippen molar-refractivity contribution in [2.24, 2.45) is 0 Å². The van der Waals surface area contributed by atoms with Gasteiger partial charge in [0.15, 0.2) is 0 Å². The highest BCUT2D eigenvalue weighted by Gasteiger charge is 2.26. The van der Waals surface area contributed by atoms with E-state index in [4.69, 9.17) is 4.74 Å². The van der Waals surface area contributed by atoms with Crippen molar-refractivity contribution in [1.82, 2.24) is 15.1 Å². The van der Waals surface area contributed by atoms with Crippen molar-refractivity contribution in [3.63, 3.8) is 0 Å². The molecule has 0 bridgehead atoms. The minimum absolute atomic E-state index is 0.0320. The van der Waals surface area contributed by atoms with E-state index in [-0.39, 0.29) is 11.8 Å². The Balaban J connectivity index is 2.16. The Labute approximate surface area is 218 Å². The van der Waals surface area contributed by atoms with Crippen LogP contribution in [0, 0.1) is 13.8 Å². The van der Waals surface area contributed by atoms with Gasteiger partial charge in [0.1, 0.15) is 18.4 Å². The number of likely N-dealkylation sites (N-methyl/N-ethyl adjacent to an activating group) is 1. The first kappa shape index (κ1) is 29.4. The zero-order chi connectivity index (χ0) is 26.5. The fraction of sp³-hybridized carbons (Fsp3) is 0.533. The van der Waals surface area contributed by atoms with Gasteiger partial charge in [-0.25, -0.2) is 0 Å². The van der Waals surface area contributed by atoms with Crippen LogP contribution in [0.15, 0.2) is 42.5 Å². The van der Waals surface area contributed by atoms with E-state index >= 15 is 0 Å². The van der Waals surface area contributed by atoms with Gasteiger partial charge < -0.3 is 19.9 Å². The standard InChI is InChI=1S/C30H45N3O3/c1-7-17-33(18-8-2)30(35)28(31-29(34)26-14-11-23(5)24(6)21-26)22-25-12-15-27(16-13-25)36-20-19-32(9-3)10-4/h11-16,21,28H,7-10,17-20,22H2,1-6H3,(H,31,34). The molecule has 36 heavy (non-hydrogen) atoms. The molecule has 2 aromatic carbocycles. The molecule has 6 nitrogen and oxygen atoms in total. The van der Waals surface area contributed by atoms with E-state index in [9.17, 15) is 9.59 Å². The normalized spacial score (nSPS) is 11.9. The average molecular weight is 496 g/mol. The summed E-state index contributed by atoms with van der Waals surface area (Å²) < 4.78 is 5.91. The summed E-state index contributed by atoms with van der Waals surface area (Å²) in [6, 6.07) is 12.9. The molecule has 198 valence electrons. The second kappa shape index (κ2) is 15.3. The maximum atomic E-state index is 13.5. The van der Waals surface area contributed by atoms with Gasteiger partial charge >= 0.3 is 0 Å². The van der Waals surface area contributed by atoms with E-state index in [1.165, 1.54) is 0 Å². The van der Waals surface area contributed by atoms with Gasteiger partial charge in [-0.15, -0.1) is 0 Å². The van der Waals surface area contributed by atoms with Crippen LogP contribution >= 0.6 is 0 Å². The topological polar surface area (TPSA) is 61.9 Å². The number of ether oxygens (including phenoxy) is 1. The molecule has 1 N–H and O–H groups in total. The van der Waals surface area contributed by atoms with Crippen LogP contribution in [0.2, 0.25) is 0 Å². The highest BCUT2D eigenvalue weighted by atomic mass is 16.5. The van der Waals surface area contributed by atoms with Gasteiger partial charge in [0.25, 0.3) is 5.91 Å². The molecule has 0 saturated carbocycles. The lowest BCUT2D eigenvalue weighted by Gasteiger charge is -2.28. The molecule has 2 aromatic rings. The molecule has 0 radical (unpaired) electrons.